The Bertz CT molecular complexity index is 2880. The molecule has 492 valence electrons. The number of rotatable bonds is 30. The fourth-order valence-corrected chi connectivity index (χ4v) is 10.1. The van der Waals surface area contributed by atoms with Crippen LogP contribution in [0.1, 0.15) is 150 Å². The van der Waals surface area contributed by atoms with E-state index in [-0.39, 0.29) is 82.4 Å². The van der Waals surface area contributed by atoms with Gasteiger partial charge in [0.25, 0.3) is 0 Å². The monoisotopic (exact) mass is 1260 g/mol. The van der Waals surface area contributed by atoms with Gasteiger partial charge in [0.1, 0.15) is 18.1 Å². The van der Waals surface area contributed by atoms with Gasteiger partial charge in [0.05, 0.1) is 50.9 Å². The summed E-state index contributed by atoms with van der Waals surface area (Å²) >= 11 is 4.72. The number of aromatic nitrogens is 2. The van der Waals surface area contributed by atoms with E-state index in [9.17, 15) is 53.1 Å². The number of H-pyrrole nitrogens is 2. The second-order valence-electron chi connectivity index (χ2n) is 21.6. The second kappa shape index (κ2) is 41.0. The number of methoxy groups -OCH3 is 2. The molecule has 2 fully saturated rings. The third kappa shape index (κ3) is 25.8. The van der Waals surface area contributed by atoms with E-state index in [2.05, 4.69) is 61.6 Å². The van der Waals surface area contributed by atoms with Gasteiger partial charge in [0.15, 0.2) is 29.7 Å². The average molecular weight is 1260 g/mol. The average Bonchev–Trinajstić information content (AvgIpc) is 3.09. The lowest BCUT2D eigenvalue weighted by Gasteiger charge is -2.24. The highest BCUT2D eigenvalue weighted by Gasteiger charge is 2.36. The molecule has 2 aromatic heterocycles. The number of hydrogen-bond acceptors (Lipinski definition) is 17. The van der Waals surface area contributed by atoms with Crippen LogP contribution in [-0.4, -0.2) is 164 Å². The van der Waals surface area contributed by atoms with Gasteiger partial charge in [-0.3, -0.25) is 38.4 Å². The summed E-state index contributed by atoms with van der Waals surface area (Å²) < 4.78 is 24.5. The smallest absolute Gasteiger partial charge is 0.496 e. The van der Waals surface area contributed by atoms with Crippen LogP contribution in [0.3, 0.4) is 0 Å². The zero-order valence-electron chi connectivity index (χ0n) is 51.7. The van der Waals surface area contributed by atoms with Crippen molar-refractivity contribution in [2.24, 2.45) is 35.5 Å². The number of nitrogens with zero attached hydrogens (tertiary/aromatic N) is 1. The van der Waals surface area contributed by atoms with E-state index in [4.69, 9.17) is 30.5 Å². The molecule has 23 nitrogen and oxygen atoms in total. The molecule has 24 heteroatoms. The van der Waals surface area contributed by atoms with Crippen molar-refractivity contribution in [3.8, 4) is 11.5 Å². The van der Waals surface area contributed by atoms with Crippen LogP contribution in [0.5, 0.6) is 11.5 Å². The van der Waals surface area contributed by atoms with Crippen molar-refractivity contribution in [1.29, 1.82) is 0 Å². The molecule has 4 amide bonds. The van der Waals surface area contributed by atoms with E-state index < -0.39 is 83.9 Å². The van der Waals surface area contributed by atoms with Crippen molar-refractivity contribution in [2.45, 2.75) is 141 Å². The third-order valence-electron chi connectivity index (χ3n) is 14.5. The number of fused-ring (bicyclic) bond motifs is 2. The number of carbonyl (C=O) groups excluding carboxylic acids is 10. The lowest BCUT2D eigenvalue weighted by Crippen LogP contribution is -2.47. The molecule has 0 radical (unpaired) electrons. The van der Waals surface area contributed by atoms with E-state index in [0.717, 1.165) is 21.8 Å². The number of ether oxygens (including phenoxy) is 5. The molecule has 0 bridgehead atoms. The Hall–Kier alpha value is -7.37. The highest BCUT2D eigenvalue weighted by molar-refractivity contribution is 6.61. The molecule has 6 atom stereocenters. The number of amides is 4. The van der Waals surface area contributed by atoms with E-state index in [1.807, 2.05) is 58.0 Å². The summed E-state index contributed by atoms with van der Waals surface area (Å²) in [5.41, 5.74) is 1.50. The molecule has 6 rings (SSSR count). The Kier molecular flexibility index (Phi) is 36.6. The van der Waals surface area contributed by atoms with E-state index in [0.29, 0.717) is 68.3 Å². The van der Waals surface area contributed by atoms with Crippen molar-refractivity contribution in [3.63, 3.8) is 0 Å². The van der Waals surface area contributed by atoms with E-state index >= 15 is 0 Å². The van der Waals surface area contributed by atoms with Crippen molar-refractivity contribution >= 4 is 91.8 Å². The summed E-state index contributed by atoms with van der Waals surface area (Å²) in [5, 5.41) is 21.8. The number of benzene rings is 2. The molecule has 0 unspecified atom stereocenters. The molecule has 2 aliphatic rings. The highest BCUT2D eigenvalue weighted by Crippen LogP contribution is 2.30. The molecule has 0 spiro atoms. The van der Waals surface area contributed by atoms with Crippen LogP contribution in [0.25, 0.3) is 21.8 Å². The number of aliphatic hydroxyl groups excluding tert-OH is 1. The predicted molar refractivity (Wildman–Crippen MR) is 339 cm³/mol. The molecule has 0 aliphatic carbocycles. The summed E-state index contributed by atoms with van der Waals surface area (Å²) in [4.78, 5) is 132. The van der Waals surface area contributed by atoms with Crippen LogP contribution >= 0.6 is 11.6 Å². The van der Waals surface area contributed by atoms with E-state index in [1.165, 1.54) is 19.6 Å². The van der Waals surface area contributed by atoms with Gasteiger partial charge in [0, 0.05) is 83.0 Å². The number of aromatic amines is 2. The summed E-state index contributed by atoms with van der Waals surface area (Å²) in [7, 11) is 3.11. The Morgan fingerprint density at radius 1 is 0.625 bits per heavy atom. The SMILES string of the molecule is C.C.CCN(CC)CC.CCOC(=O)Cl.CCOC(=O)OCC(=O)[C@H](C[C@@H]1CCNC1=O)NC(=O)[C@@H](CC(=O)c1cc2c(OC)cccc2[nH]1)CC(C)C.COc1cccc2[nH]c(C(=O)C[C@@H](CC(C)C)C(=O)N[C@@H](C[C@@H]3CCNC3=O)C(=O)CO)cc12. The normalized spacial score (nSPS) is 15.4. The zero-order chi connectivity index (χ0) is 64.0. The van der Waals surface area contributed by atoms with Crippen LogP contribution < -0.4 is 30.7 Å². The van der Waals surface area contributed by atoms with Gasteiger partial charge >= 0.3 is 11.6 Å². The lowest BCUT2D eigenvalue weighted by molar-refractivity contribution is -0.133. The molecular formula is C64H98ClN7O16. The van der Waals surface area contributed by atoms with Gasteiger partial charge in [-0.15, -0.1) is 0 Å². The third-order valence-corrected chi connectivity index (χ3v) is 14.6. The van der Waals surface area contributed by atoms with Crippen LogP contribution in [-0.2, 0) is 43.0 Å². The first-order valence-electron chi connectivity index (χ1n) is 29.5. The Morgan fingerprint density at radius 3 is 1.34 bits per heavy atom. The minimum atomic E-state index is -1.07. The number of halogens is 1. The standard InChI is InChI=1S/C28H37N3O8.C25H33N3O6.C6H15N.C3H5ClO2.2CH4/c1-5-38-28(36)39-15-24(33)21(12-17-9-10-29-26(17)34)31-27(35)18(11-16(2)3)13-23(32)22-14-19-20(30-22)7-6-8-25(19)37-4;1-14(2)9-16(11-21(30)20-12-17-18(27-20)5-4-6-23(17)34-3)25(33)28-19(22(31)13-29)10-15-7-8-26-24(15)32;1-4-7(5-2)6-3;1-2-6-3(4)5;;/h6-8,14,16-18,21,30H,5,9-13,15H2,1-4H3,(H,29,34)(H,31,35);4-6,12,14-16,19,27,29H,7-11,13H2,1-3H3,(H,26,32)(H,28,33);4-6H2,1-3H3;2H2,1H3;2*1H4/t17-,18+,21-;15-,16+,19-;;;;/m00..../s1. The first-order chi connectivity index (χ1) is 41.0. The molecule has 2 saturated heterocycles. The first-order valence-corrected chi connectivity index (χ1v) is 29.9. The maximum Gasteiger partial charge on any atom is 0.508 e. The highest BCUT2D eigenvalue weighted by atomic mass is 35.5. The van der Waals surface area contributed by atoms with Gasteiger partial charge in [-0.1, -0.05) is 75.5 Å². The lowest BCUT2D eigenvalue weighted by atomic mass is 9.89. The van der Waals surface area contributed by atoms with Crippen molar-refractivity contribution in [3.05, 3.63) is 59.9 Å². The Labute approximate surface area is 523 Å². The summed E-state index contributed by atoms with van der Waals surface area (Å²) in [6.45, 7) is 21.3. The van der Waals surface area contributed by atoms with Crippen LogP contribution in [0.15, 0.2) is 48.5 Å². The largest absolute Gasteiger partial charge is 0.508 e. The Balaban J connectivity index is 0.000000721. The fraction of sp³-hybridized carbons (Fsp3) is 0.594. The Morgan fingerprint density at radius 2 is 1.03 bits per heavy atom. The minimum absolute atomic E-state index is 0. The molecule has 7 N–H and O–H groups in total. The molecule has 2 aliphatic heterocycles. The van der Waals surface area contributed by atoms with Crippen molar-refractivity contribution in [2.75, 3.05) is 73.4 Å². The fourth-order valence-electron chi connectivity index (χ4n) is 10.00. The number of ketones is 4. The number of aliphatic hydroxyl groups is 1. The molecular weight excluding hydrogens is 1160 g/mol. The molecule has 4 heterocycles. The topological polar surface area (TPSA) is 320 Å². The molecule has 0 saturated carbocycles. The predicted octanol–water partition coefficient (Wildman–Crippen LogP) is 9.15. The van der Waals surface area contributed by atoms with Gasteiger partial charge < -0.3 is 64.9 Å². The van der Waals surface area contributed by atoms with Gasteiger partial charge in [-0.25, -0.2) is 9.59 Å². The zero-order valence-corrected chi connectivity index (χ0v) is 52.4. The maximum absolute atomic E-state index is 13.5. The summed E-state index contributed by atoms with van der Waals surface area (Å²) in [6, 6.07) is 12.3. The number of nitrogens with one attached hydrogen (secondary N) is 6. The summed E-state index contributed by atoms with van der Waals surface area (Å²) in [5.74, 6) is -3.58. The van der Waals surface area contributed by atoms with Crippen LogP contribution in [0.4, 0.5) is 9.59 Å². The molecule has 4 aromatic rings. The minimum Gasteiger partial charge on any atom is -0.496 e. The van der Waals surface area contributed by atoms with E-state index in [1.54, 1.807) is 46.3 Å². The van der Waals surface area contributed by atoms with Crippen LogP contribution in [0.2, 0.25) is 0 Å². The second-order valence-corrected chi connectivity index (χ2v) is 21.9. The first kappa shape index (κ1) is 78.6. The number of hydrogen-bond donors (Lipinski definition) is 7. The number of carbonyl (C=O) groups is 10. The van der Waals surface area contributed by atoms with Crippen molar-refractivity contribution < 1.29 is 76.7 Å². The maximum atomic E-state index is 13.5. The molecule has 88 heavy (non-hydrogen) atoms. The van der Waals surface area contributed by atoms with Crippen molar-refractivity contribution in [1.82, 2.24) is 36.1 Å². The number of Topliss-reactive ketones (excluding diaryl/α,β-unsaturated/α-hetero) is 4. The quantitative estimate of drug-likeness (QED) is 0.0145. The van der Waals surface area contributed by atoms with Gasteiger partial charge in [0.2, 0.25) is 23.6 Å². The molecule has 2 aromatic carbocycles. The summed E-state index contributed by atoms with van der Waals surface area (Å²) in [6.07, 6.45) is 1.03. The van der Waals surface area contributed by atoms with Gasteiger partial charge in [-0.05, 0) is 120 Å². The van der Waals surface area contributed by atoms with Crippen LogP contribution in [0, 0.1) is 35.5 Å². The van der Waals surface area contributed by atoms with Gasteiger partial charge in [-0.2, -0.15) is 0 Å².